The second-order valence-electron chi connectivity index (χ2n) is 7.49. The quantitative estimate of drug-likeness (QED) is 0.836. The van der Waals surface area contributed by atoms with Crippen molar-refractivity contribution < 1.29 is 18.0 Å². The van der Waals surface area contributed by atoms with E-state index in [2.05, 4.69) is 5.43 Å². The third kappa shape index (κ3) is 3.43. The summed E-state index contributed by atoms with van der Waals surface area (Å²) in [6.45, 7) is 5.26. The lowest BCUT2D eigenvalue weighted by molar-refractivity contribution is -0.204. The van der Waals surface area contributed by atoms with E-state index in [4.69, 9.17) is 0 Å². The lowest BCUT2D eigenvalue weighted by atomic mass is 9.90. The summed E-state index contributed by atoms with van der Waals surface area (Å²) >= 11 is 0. The molecule has 1 heterocycles. The molecular weight excluding hydrogens is 341 g/mol. The average molecular weight is 364 g/mol. The van der Waals surface area contributed by atoms with Crippen LogP contribution in [-0.4, -0.2) is 22.6 Å². The van der Waals surface area contributed by atoms with E-state index in [1.165, 1.54) is 0 Å². The molecule has 2 aromatic carbocycles. The van der Waals surface area contributed by atoms with E-state index in [1.54, 1.807) is 19.9 Å². The minimum atomic E-state index is -4.51. The first-order chi connectivity index (χ1) is 12.1. The first-order valence-electron chi connectivity index (χ1n) is 8.80. The van der Waals surface area contributed by atoms with Crippen LogP contribution in [0.25, 0.3) is 10.8 Å². The molecule has 0 aliphatic carbocycles. The van der Waals surface area contributed by atoms with Crippen molar-refractivity contribution in [3.63, 3.8) is 0 Å². The molecule has 3 nitrogen and oxygen atoms in total. The maximum atomic E-state index is 14.2. The van der Waals surface area contributed by atoms with Crippen LogP contribution in [0, 0.1) is 0 Å². The van der Waals surface area contributed by atoms with E-state index in [0.29, 0.717) is 12.0 Å². The van der Waals surface area contributed by atoms with Gasteiger partial charge in [0.1, 0.15) is 0 Å². The molecule has 0 radical (unpaired) electrons. The highest BCUT2D eigenvalue weighted by atomic mass is 19.4. The third-order valence-corrected chi connectivity index (χ3v) is 4.88. The van der Waals surface area contributed by atoms with E-state index >= 15 is 0 Å². The Hall–Kier alpha value is -2.08. The predicted octanol–water partition coefficient (Wildman–Crippen LogP) is 4.91. The smallest absolute Gasteiger partial charge is 0.287 e. The van der Waals surface area contributed by atoms with Gasteiger partial charge in [-0.05, 0) is 48.2 Å². The molecule has 1 fully saturated rings. The number of alkyl halides is 3. The Morgan fingerprint density at radius 1 is 1.19 bits per heavy atom. The van der Waals surface area contributed by atoms with E-state index < -0.39 is 17.8 Å². The molecule has 0 spiro atoms. The fourth-order valence-electron chi connectivity index (χ4n) is 3.72. The Kier molecular flexibility index (Phi) is 4.73. The number of rotatable bonds is 4. The number of halogens is 3. The molecule has 140 valence electrons. The van der Waals surface area contributed by atoms with Crippen LogP contribution in [0.4, 0.5) is 13.2 Å². The van der Waals surface area contributed by atoms with Crippen LogP contribution >= 0.6 is 0 Å². The van der Waals surface area contributed by atoms with Crippen molar-refractivity contribution in [1.82, 2.24) is 10.4 Å². The van der Waals surface area contributed by atoms with Crippen LogP contribution in [0.15, 0.2) is 36.4 Å². The first-order valence-corrected chi connectivity index (χ1v) is 8.80. The minimum Gasteiger partial charge on any atom is -0.287 e. The number of nitrogens with zero attached hydrogens (tertiary/aromatic N) is 1. The zero-order chi connectivity index (χ0) is 19.1. The zero-order valence-corrected chi connectivity index (χ0v) is 15.2. The maximum Gasteiger partial charge on any atom is 0.409 e. The highest BCUT2D eigenvalue weighted by molar-refractivity contribution is 5.84. The van der Waals surface area contributed by atoms with Crippen molar-refractivity contribution in [3.8, 4) is 0 Å². The molecule has 1 saturated heterocycles. The summed E-state index contributed by atoms with van der Waals surface area (Å²) in [5.74, 6) is -0.387. The largest absolute Gasteiger partial charge is 0.409 e. The Morgan fingerprint density at radius 3 is 2.31 bits per heavy atom. The van der Waals surface area contributed by atoms with E-state index in [0.717, 1.165) is 22.2 Å². The molecule has 1 atom stereocenters. The fourth-order valence-corrected chi connectivity index (χ4v) is 3.72. The van der Waals surface area contributed by atoms with Gasteiger partial charge in [0.05, 0.1) is 0 Å². The predicted molar refractivity (Wildman–Crippen MR) is 95.4 cm³/mol. The van der Waals surface area contributed by atoms with Crippen LogP contribution in [0.5, 0.6) is 0 Å². The molecule has 0 aromatic heterocycles. The SMILES string of the molecule is CCCc1cc2ccccc2cc1[C@H](N1NC(=O)CC1(C)C)C(F)(F)F. The molecule has 26 heavy (non-hydrogen) atoms. The van der Waals surface area contributed by atoms with E-state index in [1.807, 2.05) is 37.3 Å². The summed E-state index contributed by atoms with van der Waals surface area (Å²) in [7, 11) is 0. The van der Waals surface area contributed by atoms with Crippen LogP contribution in [0.2, 0.25) is 0 Å². The highest BCUT2D eigenvalue weighted by Crippen LogP contribution is 2.44. The molecule has 0 saturated carbocycles. The van der Waals surface area contributed by atoms with Gasteiger partial charge >= 0.3 is 6.18 Å². The molecule has 1 aliphatic rings. The minimum absolute atomic E-state index is 0.0380. The van der Waals surface area contributed by atoms with Gasteiger partial charge in [-0.2, -0.15) is 18.2 Å². The molecule has 0 unspecified atom stereocenters. The number of carbonyl (C=O) groups is 1. The van der Waals surface area contributed by atoms with Crippen LogP contribution in [-0.2, 0) is 11.2 Å². The molecule has 0 bridgehead atoms. The molecule has 1 N–H and O–H groups in total. The number of hydrogen-bond acceptors (Lipinski definition) is 2. The average Bonchev–Trinajstić information content (AvgIpc) is 2.79. The standard InChI is InChI=1S/C20H23F3N2O/c1-4-7-15-10-13-8-5-6-9-14(13)11-16(15)18(20(21,22)23)25-19(2,3)12-17(26)24-25/h5-6,8-11,18H,4,7,12H2,1-3H3,(H,24,26)/t18-/m0/s1. The number of amides is 1. The lowest BCUT2D eigenvalue weighted by Gasteiger charge is -2.38. The number of aryl methyl sites for hydroxylation is 1. The summed E-state index contributed by atoms with van der Waals surface area (Å²) in [6.07, 6.45) is -3.18. The molecule has 1 amide bonds. The normalized spacial score (nSPS) is 18.9. The molecule has 2 aromatic rings. The Balaban J connectivity index is 2.21. The number of hydrazine groups is 1. The molecule has 1 aliphatic heterocycles. The molecular formula is C20H23F3N2O. The topological polar surface area (TPSA) is 32.3 Å². The zero-order valence-electron chi connectivity index (χ0n) is 15.2. The van der Waals surface area contributed by atoms with Crippen molar-refractivity contribution >= 4 is 16.7 Å². The second-order valence-corrected chi connectivity index (χ2v) is 7.49. The summed E-state index contributed by atoms with van der Waals surface area (Å²) in [6, 6.07) is 9.00. The van der Waals surface area contributed by atoms with Crippen LogP contribution in [0.3, 0.4) is 0 Å². The number of benzene rings is 2. The van der Waals surface area contributed by atoms with Gasteiger partial charge in [0.15, 0.2) is 6.04 Å². The number of carbonyl (C=O) groups excluding carboxylic acids is 1. The molecule has 6 heteroatoms. The Labute approximate surface area is 151 Å². The van der Waals surface area contributed by atoms with E-state index in [-0.39, 0.29) is 17.9 Å². The van der Waals surface area contributed by atoms with E-state index in [9.17, 15) is 18.0 Å². The summed E-state index contributed by atoms with van der Waals surface area (Å²) in [5.41, 5.74) is 2.40. The summed E-state index contributed by atoms with van der Waals surface area (Å²) in [5, 5.41) is 2.77. The van der Waals surface area contributed by atoms with Gasteiger partial charge in [-0.25, -0.2) is 0 Å². The van der Waals surface area contributed by atoms with Gasteiger partial charge in [0.2, 0.25) is 5.91 Å². The van der Waals surface area contributed by atoms with Crippen molar-refractivity contribution in [1.29, 1.82) is 0 Å². The van der Waals surface area contributed by atoms with Crippen LogP contribution in [0.1, 0.15) is 50.8 Å². The Morgan fingerprint density at radius 2 is 1.81 bits per heavy atom. The van der Waals surface area contributed by atoms with Gasteiger partial charge < -0.3 is 0 Å². The van der Waals surface area contributed by atoms with Gasteiger partial charge in [0.25, 0.3) is 0 Å². The van der Waals surface area contributed by atoms with Gasteiger partial charge in [-0.15, -0.1) is 0 Å². The van der Waals surface area contributed by atoms with Crippen molar-refractivity contribution in [3.05, 3.63) is 47.5 Å². The first kappa shape index (κ1) is 18.7. The number of fused-ring (bicyclic) bond motifs is 1. The second kappa shape index (κ2) is 6.58. The van der Waals surface area contributed by atoms with Crippen molar-refractivity contribution in [2.75, 3.05) is 0 Å². The van der Waals surface area contributed by atoms with Crippen molar-refractivity contribution in [2.45, 2.75) is 57.8 Å². The van der Waals surface area contributed by atoms with Gasteiger partial charge in [-0.1, -0.05) is 43.7 Å². The van der Waals surface area contributed by atoms with Gasteiger partial charge in [-0.3, -0.25) is 10.2 Å². The monoisotopic (exact) mass is 364 g/mol. The Bertz CT molecular complexity index is 829. The third-order valence-electron chi connectivity index (χ3n) is 4.88. The maximum absolute atomic E-state index is 14.2. The van der Waals surface area contributed by atoms with Crippen molar-refractivity contribution in [2.24, 2.45) is 0 Å². The summed E-state index contributed by atoms with van der Waals surface area (Å²) < 4.78 is 42.5. The lowest BCUT2D eigenvalue weighted by Crippen LogP contribution is -2.51. The molecule has 3 rings (SSSR count). The number of hydrogen-bond donors (Lipinski definition) is 1. The summed E-state index contributed by atoms with van der Waals surface area (Å²) in [4.78, 5) is 11.8. The van der Waals surface area contributed by atoms with Gasteiger partial charge in [0, 0.05) is 12.0 Å². The van der Waals surface area contributed by atoms with Crippen LogP contribution < -0.4 is 5.43 Å². The highest BCUT2D eigenvalue weighted by Gasteiger charge is 2.53. The fraction of sp³-hybridized carbons (Fsp3) is 0.450. The number of nitrogens with one attached hydrogen (secondary N) is 1.